The molecule has 0 saturated heterocycles. The van der Waals surface area contributed by atoms with E-state index >= 15 is 0 Å². The van der Waals surface area contributed by atoms with E-state index in [1.54, 1.807) is 24.4 Å². The lowest BCUT2D eigenvalue weighted by atomic mass is 10.2. The van der Waals surface area contributed by atoms with Crippen molar-refractivity contribution >= 4 is 23.7 Å². The summed E-state index contributed by atoms with van der Waals surface area (Å²) in [6.07, 6.45) is -2.76. The van der Waals surface area contributed by atoms with Crippen molar-refractivity contribution in [3.63, 3.8) is 0 Å². The Bertz CT molecular complexity index is 662. The fraction of sp³-hybridized carbons (Fsp3) is 0.0714. The number of fused-ring (bicyclic) bond motifs is 2. The summed E-state index contributed by atoms with van der Waals surface area (Å²) in [6.45, 7) is 0. The van der Waals surface area contributed by atoms with Gasteiger partial charge in [-0.25, -0.2) is 0 Å². The standard InChI is InChI=1S/C14H8F3NS/c15-14(16,17)10-5-3-6-11-13(10)19-12-7-2-1-4-9(12)8-18-11/h1-8H. The maximum absolute atomic E-state index is 13.0. The molecule has 1 aliphatic heterocycles. The summed E-state index contributed by atoms with van der Waals surface area (Å²) < 4.78 is 39.1. The summed E-state index contributed by atoms with van der Waals surface area (Å²) in [5, 5.41) is 0. The van der Waals surface area contributed by atoms with Crippen LogP contribution in [0.25, 0.3) is 0 Å². The summed E-state index contributed by atoms with van der Waals surface area (Å²) in [7, 11) is 0. The summed E-state index contributed by atoms with van der Waals surface area (Å²) in [5.41, 5.74) is 0.553. The Balaban J connectivity index is 2.21. The van der Waals surface area contributed by atoms with Crippen LogP contribution in [-0.2, 0) is 6.18 Å². The van der Waals surface area contributed by atoms with Crippen molar-refractivity contribution in [3.05, 3.63) is 53.6 Å². The molecule has 0 fully saturated rings. The van der Waals surface area contributed by atoms with E-state index in [0.29, 0.717) is 5.69 Å². The second kappa shape index (κ2) is 4.42. The number of benzene rings is 2. The Morgan fingerprint density at radius 3 is 2.53 bits per heavy atom. The number of hydrogen-bond acceptors (Lipinski definition) is 2. The summed E-state index contributed by atoms with van der Waals surface area (Å²) >= 11 is 1.11. The molecule has 1 nitrogen and oxygen atoms in total. The van der Waals surface area contributed by atoms with Crippen LogP contribution in [0, 0.1) is 0 Å². The maximum Gasteiger partial charge on any atom is 0.417 e. The number of aliphatic imine (C=N–C) groups is 1. The van der Waals surface area contributed by atoms with E-state index in [2.05, 4.69) is 4.99 Å². The van der Waals surface area contributed by atoms with Crippen molar-refractivity contribution in [3.8, 4) is 0 Å². The van der Waals surface area contributed by atoms with Crippen LogP contribution < -0.4 is 0 Å². The highest BCUT2D eigenvalue weighted by Crippen LogP contribution is 2.46. The van der Waals surface area contributed by atoms with Crippen LogP contribution in [0.4, 0.5) is 18.9 Å². The van der Waals surface area contributed by atoms with Crippen molar-refractivity contribution in [2.24, 2.45) is 4.99 Å². The molecule has 19 heavy (non-hydrogen) atoms. The monoisotopic (exact) mass is 279 g/mol. The number of halogens is 3. The van der Waals surface area contributed by atoms with E-state index < -0.39 is 11.7 Å². The van der Waals surface area contributed by atoms with Crippen LogP contribution in [-0.4, -0.2) is 6.21 Å². The number of hydrogen-bond donors (Lipinski definition) is 0. The van der Waals surface area contributed by atoms with Crippen LogP contribution in [0.1, 0.15) is 11.1 Å². The summed E-state index contributed by atoms with van der Waals surface area (Å²) in [6, 6.07) is 11.4. The van der Waals surface area contributed by atoms with Gasteiger partial charge in [0.1, 0.15) is 0 Å². The fourth-order valence-corrected chi connectivity index (χ4v) is 3.01. The molecule has 0 radical (unpaired) electrons. The molecule has 0 unspecified atom stereocenters. The van der Waals surface area contributed by atoms with Crippen LogP contribution >= 0.6 is 11.8 Å². The van der Waals surface area contributed by atoms with Crippen LogP contribution in [0.5, 0.6) is 0 Å². The Morgan fingerprint density at radius 2 is 1.74 bits per heavy atom. The van der Waals surface area contributed by atoms with Gasteiger partial charge in [0, 0.05) is 16.7 Å². The van der Waals surface area contributed by atoms with E-state index in [4.69, 9.17) is 0 Å². The second-order valence-corrected chi connectivity index (χ2v) is 5.10. The third-order valence-electron chi connectivity index (χ3n) is 2.77. The Labute approximate surface area is 112 Å². The van der Waals surface area contributed by atoms with Crippen LogP contribution in [0.3, 0.4) is 0 Å². The van der Waals surface area contributed by atoms with Crippen molar-refractivity contribution in [2.75, 3.05) is 0 Å². The van der Waals surface area contributed by atoms with Gasteiger partial charge in [-0.2, -0.15) is 13.2 Å². The molecule has 0 atom stereocenters. The first-order chi connectivity index (χ1) is 9.05. The van der Waals surface area contributed by atoms with Gasteiger partial charge < -0.3 is 0 Å². The lowest BCUT2D eigenvalue weighted by molar-refractivity contribution is -0.139. The third kappa shape index (κ3) is 2.26. The first kappa shape index (κ1) is 12.3. The highest BCUT2D eigenvalue weighted by Gasteiger charge is 2.35. The molecule has 5 heteroatoms. The zero-order valence-corrected chi connectivity index (χ0v) is 10.4. The molecular weight excluding hydrogens is 271 g/mol. The smallest absolute Gasteiger partial charge is 0.255 e. The maximum atomic E-state index is 13.0. The molecule has 2 aromatic rings. The van der Waals surface area contributed by atoms with E-state index in [1.165, 1.54) is 6.07 Å². The molecule has 0 N–H and O–H groups in total. The molecule has 0 aromatic heterocycles. The molecule has 1 heterocycles. The SMILES string of the molecule is FC(F)(F)c1cccc2c1Sc1ccccc1C=N2. The number of rotatable bonds is 0. The van der Waals surface area contributed by atoms with E-state index in [1.807, 2.05) is 12.1 Å². The van der Waals surface area contributed by atoms with E-state index in [9.17, 15) is 13.2 Å². The average molecular weight is 279 g/mol. The summed E-state index contributed by atoms with van der Waals surface area (Å²) in [4.78, 5) is 5.10. The van der Waals surface area contributed by atoms with Gasteiger partial charge in [0.15, 0.2) is 0 Å². The van der Waals surface area contributed by atoms with Crippen LogP contribution in [0.15, 0.2) is 57.2 Å². The molecular formula is C14H8F3NS. The van der Waals surface area contributed by atoms with Gasteiger partial charge in [-0.15, -0.1) is 0 Å². The molecule has 0 spiro atoms. The highest BCUT2D eigenvalue weighted by atomic mass is 32.2. The Kier molecular flexibility index (Phi) is 2.86. The predicted molar refractivity (Wildman–Crippen MR) is 69.3 cm³/mol. The van der Waals surface area contributed by atoms with Gasteiger partial charge in [-0.05, 0) is 18.2 Å². The normalized spacial score (nSPS) is 13.6. The zero-order valence-electron chi connectivity index (χ0n) is 9.61. The molecule has 96 valence electrons. The predicted octanol–water partition coefficient (Wildman–Crippen LogP) is 4.92. The minimum absolute atomic E-state index is 0.163. The second-order valence-electron chi connectivity index (χ2n) is 4.05. The first-order valence-corrected chi connectivity index (χ1v) is 6.38. The fourth-order valence-electron chi connectivity index (χ4n) is 1.89. The van der Waals surface area contributed by atoms with Gasteiger partial charge in [0.05, 0.1) is 16.1 Å². The molecule has 0 amide bonds. The Hall–Kier alpha value is -1.75. The van der Waals surface area contributed by atoms with E-state index in [-0.39, 0.29) is 4.90 Å². The molecule has 0 bridgehead atoms. The lowest BCUT2D eigenvalue weighted by Gasteiger charge is -2.13. The third-order valence-corrected chi connectivity index (χ3v) is 4.00. The van der Waals surface area contributed by atoms with E-state index in [0.717, 1.165) is 28.3 Å². The van der Waals surface area contributed by atoms with Gasteiger partial charge in [-0.1, -0.05) is 36.0 Å². The largest absolute Gasteiger partial charge is 0.417 e. The molecule has 2 aromatic carbocycles. The Morgan fingerprint density at radius 1 is 0.947 bits per heavy atom. The van der Waals surface area contributed by atoms with Crippen molar-refractivity contribution < 1.29 is 13.2 Å². The lowest BCUT2D eigenvalue weighted by Crippen LogP contribution is -2.06. The van der Waals surface area contributed by atoms with Gasteiger partial charge in [0.2, 0.25) is 0 Å². The minimum Gasteiger partial charge on any atom is -0.255 e. The molecule has 0 aliphatic carbocycles. The first-order valence-electron chi connectivity index (χ1n) is 5.57. The minimum atomic E-state index is -4.37. The molecule has 0 saturated carbocycles. The number of alkyl halides is 3. The summed E-state index contributed by atoms with van der Waals surface area (Å²) in [5.74, 6) is 0. The topological polar surface area (TPSA) is 12.4 Å². The average Bonchev–Trinajstić information content (AvgIpc) is 2.56. The quantitative estimate of drug-likeness (QED) is 0.569. The highest BCUT2D eigenvalue weighted by molar-refractivity contribution is 7.99. The van der Waals surface area contributed by atoms with Crippen molar-refractivity contribution in [1.82, 2.24) is 0 Å². The van der Waals surface area contributed by atoms with Gasteiger partial charge >= 0.3 is 6.18 Å². The van der Waals surface area contributed by atoms with Gasteiger partial charge in [-0.3, -0.25) is 4.99 Å². The van der Waals surface area contributed by atoms with Gasteiger partial charge in [0.25, 0.3) is 0 Å². The number of nitrogens with zero attached hydrogens (tertiary/aromatic N) is 1. The van der Waals surface area contributed by atoms with Crippen LogP contribution in [0.2, 0.25) is 0 Å². The van der Waals surface area contributed by atoms with Crippen molar-refractivity contribution in [1.29, 1.82) is 0 Å². The molecule has 1 aliphatic rings. The zero-order chi connectivity index (χ0) is 13.5. The van der Waals surface area contributed by atoms with Crippen molar-refractivity contribution in [2.45, 2.75) is 16.0 Å². The molecule has 3 rings (SSSR count).